The van der Waals surface area contributed by atoms with Crippen LogP contribution in [0.2, 0.25) is 0 Å². The molecule has 0 bridgehead atoms. The number of hydrogen-bond acceptors (Lipinski definition) is 3. The fourth-order valence-corrected chi connectivity index (χ4v) is 1.67. The first-order valence-corrected chi connectivity index (χ1v) is 4.80. The number of thiol groups is 1. The van der Waals surface area contributed by atoms with Crippen molar-refractivity contribution >= 4 is 34.2 Å². The Labute approximate surface area is 85.6 Å². The highest BCUT2D eigenvalue weighted by Crippen LogP contribution is 2.31. The van der Waals surface area contributed by atoms with E-state index in [-0.39, 0.29) is 0 Å². The zero-order valence-electron chi connectivity index (χ0n) is 6.67. The van der Waals surface area contributed by atoms with E-state index in [0.717, 1.165) is 15.1 Å². The molecular formula is C8H10BrNOS. The summed E-state index contributed by atoms with van der Waals surface area (Å²) in [6, 6.07) is 3.63. The number of ether oxygens (including phenoxy) is 1. The number of benzene rings is 1. The van der Waals surface area contributed by atoms with Gasteiger partial charge in [-0.25, -0.2) is 0 Å². The van der Waals surface area contributed by atoms with Crippen LogP contribution >= 0.6 is 28.6 Å². The van der Waals surface area contributed by atoms with Crippen LogP contribution in [0.25, 0.3) is 0 Å². The van der Waals surface area contributed by atoms with Crippen molar-refractivity contribution in [3.05, 3.63) is 16.6 Å². The molecule has 0 amide bonds. The minimum atomic E-state index is 0.641. The Morgan fingerprint density at radius 3 is 2.75 bits per heavy atom. The van der Waals surface area contributed by atoms with E-state index < -0.39 is 0 Å². The van der Waals surface area contributed by atoms with E-state index in [0.29, 0.717) is 12.3 Å². The third-order valence-electron chi connectivity index (χ3n) is 1.39. The quantitative estimate of drug-likeness (QED) is 0.623. The van der Waals surface area contributed by atoms with Crippen molar-refractivity contribution in [1.29, 1.82) is 0 Å². The number of halogens is 1. The van der Waals surface area contributed by atoms with Crippen LogP contribution in [0.5, 0.6) is 5.75 Å². The van der Waals surface area contributed by atoms with Gasteiger partial charge in [-0.05, 0) is 35.0 Å². The van der Waals surface area contributed by atoms with Gasteiger partial charge in [0.2, 0.25) is 0 Å². The van der Waals surface area contributed by atoms with E-state index in [1.165, 1.54) is 0 Å². The van der Waals surface area contributed by atoms with Gasteiger partial charge < -0.3 is 10.5 Å². The first-order valence-electron chi connectivity index (χ1n) is 3.56. The molecule has 0 atom stereocenters. The van der Waals surface area contributed by atoms with E-state index in [4.69, 9.17) is 10.5 Å². The molecule has 2 N–H and O–H groups in total. The third-order valence-corrected chi connectivity index (χ3v) is 2.42. The van der Waals surface area contributed by atoms with Gasteiger partial charge in [-0.15, -0.1) is 12.6 Å². The molecule has 0 unspecified atom stereocenters. The maximum Gasteiger partial charge on any atom is 0.121 e. The van der Waals surface area contributed by atoms with Gasteiger partial charge in [0.15, 0.2) is 0 Å². The third kappa shape index (κ3) is 2.08. The van der Waals surface area contributed by atoms with E-state index in [9.17, 15) is 0 Å². The van der Waals surface area contributed by atoms with Crippen molar-refractivity contribution in [2.24, 2.45) is 0 Å². The normalized spacial score (nSPS) is 9.92. The molecule has 0 heterocycles. The second kappa shape index (κ2) is 4.05. The summed E-state index contributed by atoms with van der Waals surface area (Å²) >= 11 is 7.51. The lowest BCUT2D eigenvalue weighted by Crippen LogP contribution is -1.94. The smallest absolute Gasteiger partial charge is 0.121 e. The molecule has 12 heavy (non-hydrogen) atoms. The highest BCUT2D eigenvalue weighted by molar-refractivity contribution is 9.10. The monoisotopic (exact) mass is 247 g/mol. The standard InChI is InChI=1S/C8H10BrNOS/c1-2-11-5-3-6(9)8(10)7(12)4-5/h3-4,12H,2,10H2,1H3. The molecule has 0 spiro atoms. The molecule has 0 fully saturated rings. The minimum Gasteiger partial charge on any atom is -0.494 e. The number of nitrogens with two attached hydrogens (primary N) is 1. The van der Waals surface area contributed by atoms with Gasteiger partial charge in [0.05, 0.1) is 12.3 Å². The van der Waals surface area contributed by atoms with Crippen LogP contribution in [-0.2, 0) is 0 Å². The van der Waals surface area contributed by atoms with Crippen molar-refractivity contribution in [3.63, 3.8) is 0 Å². The van der Waals surface area contributed by atoms with Crippen LogP contribution in [0.15, 0.2) is 21.5 Å². The van der Waals surface area contributed by atoms with E-state index >= 15 is 0 Å². The van der Waals surface area contributed by atoms with E-state index in [1.807, 2.05) is 13.0 Å². The van der Waals surface area contributed by atoms with Crippen LogP contribution < -0.4 is 10.5 Å². The van der Waals surface area contributed by atoms with Gasteiger partial charge in [0, 0.05) is 9.37 Å². The molecule has 1 aromatic carbocycles. The summed E-state index contributed by atoms with van der Waals surface area (Å²) in [5, 5.41) is 0. The first kappa shape index (κ1) is 9.74. The van der Waals surface area contributed by atoms with Crippen LogP contribution in [0.4, 0.5) is 5.69 Å². The second-order valence-electron chi connectivity index (χ2n) is 2.27. The molecule has 0 aromatic heterocycles. The Hall–Kier alpha value is -0.350. The van der Waals surface area contributed by atoms with Gasteiger partial charge in [0.1, 0.15) is 5.75 Å². The van der Waals surface area contributed by atoms with E-state index in [2.05, 4.69) is 28.6 Å². The van der Waals surface area contributed by atoms with Gasteiger partial charge >= 0.3 is 0 Å². The Balaban J connectivity index is 3.04. The average Bonchev–Trinajstić information content (AvgIpc) is 2.01. The molecule has 1 aromatic rings. The molecule has 0 saturated heterocycles. The fourth-order valence-electron chi connectivity index (χ4n) is 0.829. The Morgan fingerprint density at radius 1 is 1.58 bits per heavy atom. The fraction of sp³-hybridized carbons (Fsp3) is 0.250. The van der Waals surface area contributed by atoms with Crippen LogP contribution in [-0.4, -0.2) is 6.61 Å². The van der Waals surface area contributed by atoms with Crippen molar-refractivity contribution in [3.8, 4) is 5.75 Å². The summed E-state index contributed by atoms with van der Waals surface area (Å²) in [7, 11) is 0. The molecule has 0 aliphatic rings. The van der Waals surface area contributed by atoms with E-state index in [1.54, 1.807) is 6.07 Å². The van der Waals surface area contributed by atoms with Crippen molar-refractivity contribution in [1.82, 2.24) is 0 Å². The number of anilines is 1. The Kier molecular flexibility index (Phi) is 3.29. The topological polar surface area (TPSA) is 35.2 Å². The Morgan fingerprint density at radius 2 is 2.25 bits per heavy atom. The van der Waals surface area contributed by atoms with Crippen LogP contribution in [0.1, 0.15) is 6.92 Å². The minimum absolute atomic E-state index is 0.641. The molecule has 0 saturated carbocycles. The maximum atomic E-state index is 5.67. The summed E-state index contributed by atoms with van der Waals surface area (Å²) < 4.78 is 6.11. The van der Waals surface area contributed by atoms with Crippen molar-refractivity contribution in [2.75, 3.05) is 12.3 Å². The zero-order valence-corrected chi connectivity index (χ0v) is 9.15. The largest absolute Gasteiger partial charge is 0.494 e. The predicted octanol–water partition coefficient (Wildman–Crippen LogP) is 2.72. The zero-order chi connectivity index (χ0) is 9.14. The molecular weight excluding hydrogens is 238 g/mol. The van der Waals surface area contributed by atoms with Crippen molar-refractivity contribution < 1.29 is 4.74 Å². The highest BCUT2D eigenvalue weighted by atomic mass is 79.9. The lowest BCUT2D eigenvalue weighted by molar-refractivity contribution is 0.339. The summed E-state index contributed by atoms with van der Waals surface area (Å²) in [5.74, 6) is 0.781. The lowest BCUT2D eigenvalue weighted by Gasteiger charge is -2.07. The molecule has 0 radical (unpaired) electrons. The molecule has 66 valence electrons. The average molecular weight is 248 g/mol. The molecule has 2 nitrogen and oxygen atoms in total. The lowest BCUT2D eigenvalue weighted by atomic mass is 10.3. The molecule has 0 aliphatic carbocycles. The summed E-state index contributed by atoms with van der Waals surface area (Å²) in [5.41, 5.74) is 6.31. The molecule has 1 rings (SSSR count). The summed E-state index contributed by atoms with van der Waals surface area (Å²) in [6.45, 7) is 2.58. The van der Waals surface area contributed by atoms with Gasteiger partial charge in [0.25, 0.3) is 0 Å². The summed E-state index contributed by atoms with van der Waals surface area (Å²) in [6.07, 6.45) is 0. The van der Waals surface area contributed by atoms with Gasteiger partial charge in [-0.2, -0.15) is 0 Å². The van der Waals surface area contributed by atoms with Gasteiger partial charge in [-0.3, -0.25) is 0 Å². The SMILES string of the molecule is CCOc1cc(S)c(N)c(Br)c1. The van der Waals surface area contributed by atoms with Gasteiger partial charge in [-0.1, -0.05) is 0 Å². The highest BCUT2D eigenvalue weighted by Gasteiger charge is 2.03. The maximum absolute atomic E-state index is 5.67. The predicted molar refractivity (Wildman–Crippen MR) is 57.0 cm³/mol. The van der Waals surface area contributed by atoms with Crippen LogP contribution in [0, 0.1) is 0 Å². The molecule has 0 aliphatic heterocycles. The second-order valence-corrected chi connectivity index (χ2v) is 3.61. The van der Waals surface area contributed by atoms with Crippen LogP contribution in [0.3, 0.4) is 0 Å². The summed E-state index contributed by atoms with van der Waals surface area (Å²) in [4.78, 5) is 0.729. The first-order chi connectivity index (χ1) is 5.65. The Bertz CT molecular complexity index is 267. The number of hydrogen-bond donors (Lipinski definition) is 2. The number of nitrogen functional groups attached to an aromatic ring is 1. The van der Waals surface area contributed by atoms with Crippen molar-refractivity contribution in [2.45, 2.75) is 11.8 Å². The number of rotatable bonds is 2. The molecule has 4 heteroatoms.